The lowest BCUT2D eigenvalue weighted by Crippen LogP contribution is -2.42. The third-order valence-corrected chi connectivity index (χ3v) is 4.83. The molecule has 0 radical (unpaired) electrons. The van der Waals surface area contributed by atoms with Crippen molar-refractivity contribution in [3.63, 3.8) is 0 Å². The number of halogens is 1. The monoisotopic (exact) mass is 431 g/mol. The number of benzene rings is 1. The Bertz CT molecular complexity index is 794. The molecule has 1 saturated heterocycles. The van der Waals surface area contributed by atoms with Crippen LogP contribution in [0.25, 0.3) is 0 Å². The number of esters is 1. The molecule has 0 saturated carbocycles. The molecule has 0 aromatic heterocycles. The summed E-state index contributed by atoms with van der Waals surface area (Å²) in [6.45, 7) is 3.95. The molecule has 1 fully saturated rings. The maximum absolute atomic E-state index is 12.3. The van der Waals surface area contributed by atoms with Gasteiger partial charge in [0.15, 0.2) is 0 Å². The highest BCUT2D eigenvalue weighted by Gasteiger charge is 2.25. The number of carbonyl (C=O) groups excluding carboxylic acids is 2. The molecule has 5 nitrogen and oxygen atoms in total. The Morgan fingerprint density at radius 3 is 2.97 bits per heavy atom. The highest BCUT2D eigenvalue weighted by Crippen LogP contribution is 2.19. The molecule has 0 N–H and O–H groups in total. The van der Waals surface area contributed by atoms with Crippen LogP contribution in [-0.2, 0) is 25.5 Å². The second-order valence-corrected chi connectivity index (χ2v) is 7.90. The van der Waals surface area contributed by atoms with Crippen molar-refractivity contribution in [3.05, 3.63) is 47.0 Å². The van der Waals surface area contributed by atoms with Crippen LogP contribution in [0.1, 0.15) is 45.1 Å². The highest BCUT2D eigenvalue weighted by molar-refractivity contribution is 6.30. The predicted molar refractivity (Wildman–Crippen MR) is 118 cm³/mol. The zero-order valence-electron chi connectivity index (χ0n) is 17.7. The van der Waals surface area contributed by atoms with Gasteiger partial charge in [0.25, 0.3) is 0 Å². The summed E-state index contributed by atoms with van der Waals surface area (Å²) < 4.78 is 10.2. The van der Waals surface area contributed by atoms with E-state index in [1.807, 2.05) is 23.1 Å². The molecular weight excluding hydrogens is 402 g/mol. The summed E-state index contributed by atoms with van der Waals surface area (Å²) in [5.74, 6) is 5.57. The Kier molecular flexibility index (Phi) is 10.5. The molecular formula is C24H30ClNO4. The standard InChI is InChI=1S/C24H30ClNO4/c1-19(2)30-24(28)18-29-16-6-5-15-26-22(13-8-14-23(26)27)12-4-3-9-20-10-7-11-21(25)17-20/h4,7,10-12,17,19,22H,3,8-9,13-16,18H2,1-2H3/b12-4+. The van der Waals surface area contributed by atoms with Crippen molar-refractivity contribution in [2.45, 2.75) is 58.1 Å². The minimum Gasteiger partial charge on any atom is -0.461 e. The van der Waals surface area contributed by atoms with E-state index in [0.717, 1.165) is 30.7 Å². The lowest BCUT2D eigenvalue weighted by Gasteiger charge is -2.32. The van der Waals surface area contributed by atoms with Gasteiger partial charge in [-0.15, -0.1) is 0 Å². The second kappa shape index (κ2) is 13.1. The number of piperidine rings is 1. The molecule has 1 aliphatic heterocycles. The van der Waals surface area contributed by atoms with Crippen LogP contribution in [-0.4, -0.2) is 48.7 Å². The molecule has 1 aliphatic rings. The van der Waals surface area contributed by atoms with E-state index in [4.69, 9.17) is 21.1 Å². The minimum atomic E-state index is -0.402. The molecule has 1 atom stereocenters. The molecule has 1 aromatic rings. The van der Waals surface area contributed by atoms with Crippen molar-refractivity contribution in [2.75, 3.05) is 19.8 Å². The molecule has 6 heteroatoms. The number of aryl methyl sites for hydroxylation is 1. The fourth-order valence-corrected chi connectivity index (χ4v) is 3.44. The van der Waals surface area contributed by atoms with Crippen LogP contribution in [0, 0.1) is 11.8 Å². The maximum atomic E-state index is 12.3. The van der Waals surface area contributed by atoms with Crippen LogP contribution in [0.4, 0.5) is 0 Å². The first-order chi connectivity index (χ1) is 14.5. The molecule has 1 aromatic carbocycles. The van der Waals surface area contributed by atoms with Gasteiger partial charge in [-0.1, -0.05) is 47.7 Å². The summed E-state index contributed by atoms with van der Waals surface area (Å²) in [6, 6.07) is 7.94. The zero-order chi connectivity index (χ0) is 21.8. The fraction of sp³-hybridized carbons (Fsp3) is 0.500. The summed E-state index contributed by atoms with van der Waals surface area (Å²) in [5.41, 5.74) is 1.20. The summed E-state index contributed by atoms with van der Waals surface area (Å²) in [7, 11) is 0. The molecule has 0 bridgehead atoms. The Morgan fingerprint density at radius 1 is 1.37 bits per heavy atom. The van der Waals surface area contributed by atoms with Gasteiger partial charge in [0.1, 0.15) is 13.2 Å². The van der Waals surface area contributed by atoms with Crippen molar-refractivity contribution in [1.82, 2.24) is 4.90 Å². The van der Waals surface area contributed by atoms with E-state index in [1.54, 1.807) is 13.8 Å². The summed E-state index contributed by atoms with van der Waals surface area (Å²) >= 11 is 6.02. The van der Waals surface area contributed by atoms with Crippen LogP contribution in [0.2, 0.25) is 5.02 Å². The Morgan fingerprint density at radius 2 is 2.20 bits per heavy atom. The number of allylic oxidation sites excluding steroid dienone is 1. The molecule has 1 amide bonds. The van der Waals surface area contributed by atoms with Gasteiger partial charge in [0.05, 0.1) is 18.7 Å². The van der Waals surface area contributed by atoms with Crippen molar-refractivity contribution in [3.8, 4) is 11.8 Å². The minimum absolute atomic E-state index is 0.0712. The zero-order valence-corrected chi connectivity index (χ0v) is 18.5. The van der Waals surface area contributed by atoms with Crippen LogP contribution in [0.15, 0.2) is 36.4 Å². The van der Waals surface area contributed by atoms with Gasteiger partial charge in [-0.3, -0.25) is 4.79 Å². The first-order valence-corrected chi connectivity index (χ1v) is 10.8. The van der Waals surface area contributed by atoms with Gasteiger partial charge in [-0.25, -0.2) is 4.79 Å². The number of ether oxygens (including phenoxy) is 2. The topological polar surface area (TPSA) is 55.8 Å². The van der Waals surface area contributed by atoms with Gasteiger partial charge in [-0.2, -0.15) is 0 Å². The Balaban J connectivity index is 1.77. The average molecular weight is 432 g/mol. The molecule has 162 valence electrons. The fourth-order valence-electron chi connectivity index (χ4n) is 3.22. The van der Waals surface area contributed by atoms with Crippen LogP contribution in [0.5, 0.6) is 0 Å². The van der Waals surface area contributed by atoms with Crippen molar-refractivity contribution >= 4 is 23.5 Å². The summed E-state index contributed by atoms with van der Waals surface area (Å²) in [6.07, 6.45) is 8.29. The van der Waals surface area contributed by atoms with E-state index in [-0.39, 0.29) is 31.3 Å². The van der Waals surface area contributed by atoms with E-state index < -0.39 is 5.97 Å². The number of hydrogen-bond acceptors (Lipinski definition) is 4. The number of carbonyl (C=O) groups is 2. The summed E-state index contributed by atoms with van der Waals surface area (Å²) in [4.78, 5) is 25.5. The second-order valence-electron chi connectivity index (χ2n) is 7.46. The van der Waals surface area contributed by atoms with Crippen molar-refractivity contribution in [1.29, 1.82) is 0 Å². The third kappa shape index (κ3) is 9.02. The smallest absolute Gasteiger partial charge is 0.332 e. The van der Waals surface area contributed by atoms with Crippen LogP contribution in [0.3, 0.4) is 0 Å². The number of likely N-dealkylation sites (tertiary alicyclic amines) is 1. The molecule has 30 heavy (non-hydrogen) atoms. The van der Waals surface area contributed by atoms with E-state index in [9.17, 15) is 9.59 Å². The molecule has 1 unspecified atom stereocenters. The molecule has 2 rings (SSSR count). The largest absolute Gasteiger partial charge is 0.461 e. The van der Waals surface area contributed by atoms with Gasteiger partial charge in [0, 0.05) is 11.4 Å². The number of nitrogens with zero attached hydrogens (tertiary/aromatic N) is 1. The lowest BCUT2D eigenvalue weighted by atomic mass is 10.0. The SMILES string of the molecule is CC(C)OC(=O)COCC#CCN1C(=O)CCCC1/C=C/CCc1cccc(Cl)c1. The molecule has 0 spiro atoms. The highest BCUT2D eigenvalue weighted by atomic mass is 35.5. The predicted octanol–water partition coefficient (Wildman–Crippen LogP) is 4.18. The lowest BCUT2D eigenvalue weighted by molar-refractivity contribution is -0.152. The van der Waals surface area contributed by atoms with Gasteiger partial charge >= 0.3 is 5.97 Å². The maximum Gasteiger partial charge on any atom is 0.332 e. The van der Waals surface area contributed by atoms with E-state index >= 15 is 0 Å². The van der Waals surface area contributed by atoms with Crippen molar-refractivity contribution in [2.24, 2.45) is 0 Å². The first kappa shape index (κ1) is 24.0. The normalized spacial score (nSPS) is 16.6. The number of amides is 1. The molecule has 1 heterocycles. The third-order valence-electron chi connectivity index (χ3n) is 4.59. The Hall–Kier alpha value is -2.29. The van der Waals surface area contributed by atoms with Crippen molar-refractivity contribution < 1.29 is 19.1 Å². The van der Waals surface area contributed by atoms with Gasteiger partial charge in [-0.05, 0) is 57.2 Å². The number of rotatable bonds is 9. The summed E-state index contributed by atoms with van der Waals surface area (Å²) in [5, 5.41) is 0.750. The van der Waals surface area contributed by atoms with E-state index in [1.165, 1.54) is 5.56 Å². The van der Waals surface area contributed by atoms with E-state index in [2.05, 4.69) is 30.1 Å². The Labute approximate surface area is 184 Å². The first-order valence-electron chi connectivity index (χ1n) is 10.4. The number of hydrogen-bond donors (Lipinski definition) is 0. The molecule has 0 aliphatic carbocycles. The van der Waals surface area contributed by atoms with Gasteiger partial charge < -0.3 is 14.4 Å². The van der Waals surface area contributed by atoms with Gasteiger partial charge in [0.2, 0.25) is 5.91 Å². The quantitative estimate of drug-likeness (QED) is 0.255. The van der Waals surface area contributed by atoms with E-state index in [0.29, 0.717) is 13.0 Å². The van der Waals surface area contributed by atoms with Crippen LogP contribution >= 0.6 is 11.6 Å². The van der Waals surface area contributed by atoms with Crippen LogP contribution < -0.4 is 0 Å². The average Bonchev–Trinajstić information content (AvgIpc) is 2.69.